The average molecular weight is 384 g/mol. The van der Waals surface area contributed by atoms with Gasteiger partial charge >= 0.3 is 5.97 Å². The number of carbonyl (C=O) groups excluding carboxylic acids is 1. The fraction of sp³-hybridized carbons (Fsp3) is 0.158. The highest BCUT2D eigenvalue weighted by molar-refractivity contribution is 7.92. The van der Waals surface area contributed by atoms with Gasteiger partial charge in [0, 0.05) is 17.4 Å². The quantitative estimate of drug-likeness (QED) is 0.695. The van der Waals surface area contributed by atoms with Crippen molar-refractivity contribution in [2.24, 2.45) is 0 Å². The first-order valence-corrected chi connectivity index (χ1v) is 9.73. The molecule has 8 heteroatoms. The molecule has 0 unspecified atom stereocenters. The monoisotopic (exact) mass is 384 g/mol. The Bertz CT molecular complexity index is 1140. The van der Waals surface area contributed by atoms with E-state index in [9.17, 15) is 13.2 Å². The molecule has 0 spiro atoms. The summed E-state index contributed by atoms with van der Waals surface area (Å²) in [5.74, 6) is 0.00802. The number of carbonyl (C=O) groups is 1. The second-order valence-electron chi connectivity index (χ2n) is 5.99. The Labute approximate surface area is 156 Å². The summed E-state index contributed by atoms with van der Waals surface area (Å²) in [4.78, 5) is 16.9. The summed E-state index contributed by atoms with van der Waals surface area (Å²) in [5.41, 5.74) is 1.51. The number of esters is 1. The number of ether oxygens (including phenoxy) is 2. The molecular formula is C19H16N2O5S. The molecule has 0 saturated heterocycles. The normalized spacial score (nSPS) is 13.1. The molecule has 0 saturated carbocycles. The van der Waals surface area contributed by atoms with Crippen LogP contribution in [0, 0.1) is 0 Å². The highest BCUT2D eigenvalue weighted by Crippen LogP contribution is 2.35. The van der Waals surface area contributed by atoms with Gasteiger partial charge < -0.3 is 9.47 Å². The number of nitrogens with one attached hydrogen (secondary N) is 1. The third-order valence-electron chi connectivity index (χ3n) is 4.41. The SMILES string of the molecule is COC(=O)c1c(NS(=O)(=O)c2ccccc2)ccc2c3c(cnc12)OCC3. The average Bonchev–Trinajstić information content (AvgIpc) is 3.16. The lowest BCUT2D eigenvalue weighted by molar-refractivity contribution is 0.0604. The van der Waals surface area contributed by atoms with Crippen molar-refractivity contribution >= 4 is 32.6 Å². The Morgan fingerprint density at radius 2 is 1.96 bits per heavy atom. The summed E-state index contributed by atoms with van der Waals surface area (Å²) in [6, 6.07) is 11.2. The van der Waals surface area contributed by atoms with Crippen molar-refractivity contribution in [3.05, 3.63) is 59.8 Å². The zero-order valence-electron chi connectivity index (χ0n) is 14.4. The smallest absolute Gasteiger partial charge is 0.342 e. The van der Waals surface area contributed by atoms with Crippen LogP contribution in [0.3, 0.4) is 0 Å². The molecule has 1 aliphatic rings. The van der Waals surface area contributed by atoms with Gasteiger partial charge in [-0.15, -0.1) is 0 Å². The molecule has 1 aromatic heterocycles. The van der Waals surface area contributed by atoms with Gasteiger partial charge in [0.05, 0.1) is 36.0 Å². The van der Waals surface area contributed by atoms with Crippen molar-refractivity contribution in [1.29, 1.82) is 0 Å². The lowest BCUT2D eigenvalue weighted by Crippen LogP contribution is -2.16. The number of hydrogen-bond acceptors (Lipinski definition) is 6. The van der Waals surface area contributed by atoms with Crippen LogP contribution < -0.4 is 9.46 Å². The van der Waals surface area contributed by atoms with E-state index in [4.69, 9.17) is 9.47 Å². The number of rotatable bonds is 4. The van der Waals surface area contributed by atoms with Crippen LogP contribution in [0.15, 0.2) is 53.6 Å². The second kappa shape index (κ2) is 6.55. The maximum absolute atomic E-state index is 12.7. The van der Waals surface area contributed by atoms with Gasteiger partial charge in [0.15, 0.2) is 0 Å². The van der Waals surface area contributed by atoms with Gasteiger partial charge in [-0.3, -0.25) is 9.71 Å². The van der Waals surface area contributed by atoms with Gasteiger partial charge in [-0.05, 0) is 18.2 Å². The van der Waals surface area contributed by atoms with Crippen LogP contribution in [-0.2, 0) is 21.2 Å². The lowest BCUT2D eigenvalue weighted by atomic mass is 10.0. The molecule has 4 rings (SSSR count). The summed E-state index contributed by atoms with van der Waals surface area (Å²) < 4.78 is 38.2. The predicted molar refractivity (Wildman–Crippen MR) is 99.5 cm³/mol. The molecule has 27 heavy (non-hydrogen) atoms. The van der Waals surface area contributed by atoms with Crippen LogP contribution in [0.4, 0.5) is 5.69 Å². The summed E-state index contributed by atoms with van der Waals surface area (Å²) in [7, 11) is -2.62. The van der Waals surface area contributed by atoms with Crippen LogP contribution >= 0.6 is 0 Å². The Balaban J connectivity index is 1.88. The van der Waals surface area contributed by atoms with Crippen molar-refractivity contribution in [2.75, 3.05) is 18.4 Å². The van der Waals surface area contributed by atoms with Crippen molar-refractivity contribution in [2.45, 2.75) is 11.3 Å². The standard InChI is InChI=1S/C19H16N2O5S/c1-25-19(22)17-15(21-27(23,24)12-5-3-2-4-6-12)8-7-14-13-9-10-26-16(13)11-20-18(14)17/h2-8,11,21H,9-10H2,1H3. The van der Waals surface area contributed by atoms with E-state index in [2.05, 4.69) is 9.71 Å². The Morgan fingerprint density at radius 3 is 2.70 bits per heavy atom. The molecular weight excluding hydrogens is 368 g/mol. The van der Waals surface area contributed by atoms with Crippen molar-refractivity contribution in [3.8, 4) is 5.75 Å². The van der Waals surface area contributed by atoms with Gasteiger partial charge in [0.2, 0.25) is 0 Å². The Kier molecular flexibility index (Phi) is 4.19. The van der Waals surface area contributed by atoms with Crippen LogP contribution in [-0.4, -0.2) is 33.1 Å². The third kappa shape index (κ3) is 2.97. The third-order valence-corrected chi connectivity index (χ3v) is 5.79. The van der Waals surface area contributed by atoms with Gasteiger partial charge in [0.25, 0.3) is 10.0 Å². The van der Waals surface area contributed by atoms with E-state index < -0.39 is 16.0 Å². The Morgan fingerprint density at radius 1 is 1.19 bits per heavy atom. The molecule has 0 aliphatic carbocycles. The number of fused-ring (bicyclic) bond motifs is 3. The number of hydrogen-bond donors (Lipinski definition) is 1. The molecule has 0 atom stereocenters. The molecule has 2 heterocycles. The van der Waals surface area contributed by atoms with Crippen LogP contribution in [0.1, 0.15) is 15.9 Å². The minimum atomic E-state index is -3.87. The first-order valence-electron chi connectivity index (χ1n) is 8.25. The Hall–Kier alpha value is -3.13. The molecule has 2 aromatic carbocycles. The zero-order valence-corrected chi connectivity index (χ0v) is 15.2. The fourth-order valence-corrected chi connectivity index (χ4v) is 4.24. The van der Waals surface area contributed by atoms with Crippen LogP contribution in [0.2, 0.25) is 0 Å². The molecule has 0 fully saturated rings. The number of methoxy groups -OCH3 is 1. The topological polar surface area (TPSA) is 94.6 Å². The molecule has 3 aromatic rings. The molecule has 0 radical (unpaired) electrons. The molecule has 0 bridgehead atoms. The van der Waals surface area contributed by atoms with Crippen LogP contribution in [0.25, 0.3) is 10.9 Å². The van der Waals surface area contributed by atoms with Crippen LogP contribution in [0.5, 0.6) is 5.75 Å². The van der Waals surface area contributed by atoms with E-state index in [1.54, 1.807) is 36.5 Å². The lowest BCUT2D eigenvalue weighted by Gasteiger charge is -2.14. The minimum absolute atomic E-state index is 0.0733. The number of nitrogens with zero attached hydrogens (tertiary/aromatic N) is 1. The summed E-state index contributed by atoms with van der Waals surface area (Å²) in [6.45, 7) is 0.548. The molecule has 138 valence electrons. The van der Waals surface area contributed by atoms with E-state index in [0.717, 1.165) is 10.9 Å². The van der Waals surface area contributed by atoms with Crippen molar-refractivity contribution in [3.63, 3.8) is 0 Å². The van der Waals surface area contributed by atoms with E-state index in [-0.39, 0.29) is 16.1 Å². The minimum Gasteiger partial charge on any atom is -0.491 e. The van der Waals surface area contributed by atoms with Gasteiger partial charge in [-0.25, -0.2) is 13.2 Å². The van der Waals surface area contributed by atoms with Crippen molar-refractivity contribution in [1.82, 2.24) is 4.98 Å². The number of aromatic nitrogens is 1. The number of benzene rings is 2. The summed E-state index contributed by atoms with van der Waals surface area (Å²) in [5, 5.41) is 0.744. The van der Waals surface area contributed by atoms with Gasteiger partial charge in [0.1, 0.15) is 11.3 Å². The van der Waals surface area contributed by atoms with E-state index >= 15 is 0 Å². The molecule has 1 N–H and O–H groups in total. The highest BCUT2D eigenvalue weighted by atomic mass is 32.2. The van der Waals surface area contributed by atoms with Gasteiger partial charge in [-0.1, -0.05) is 24.3 Å². The predicted octanol–water partition coefficient (Wildman–Crippen LogP) is 2.76. The number of sulfonamides is 1. The second-order valence-corrected chi connectivity index (χ2v) is 7.68. The molecule has 7 nitrogen and oxygen atoms in total. The zero-order chi connectivity index (χ0) is 19.0. The fourth-order valence-electron chi connectivity index (χ4n) is 3.14. The molecule has 1 aliphatic heterocycles. The first kappa shape index (κ1) is 17.3. The van der Waals surface area contributed by atoms with E-state index in [0.29, 0.717) is 24.3 Å². The first-order chi connectivity index (χ1) is 13.0. The van der Waals surface area contributed by atoms with E-state index in [1.807, 2.05) is 0 Å². The maximum atomic E-state index is 12.7. The molecule has 0 amide bonds. The highest BCUT2D eigenvalue weighted by Gasteiger charge is 2.25. The van der Waals surface area contributed by atoms with Crippen molar-refractivity contribution < 1.29 is 22.7 Å². The summed E-state index contributed by atoms with van der Waals surface area (Å²) in [6.07, 6.45) is 2.25. The van der Waals surface area contributed by atoms with E-state index in [1.165, 1.54) is 19.2 Å². The summed E-state index contributed by atoms with van der Waals surface area (Å²) >= 11 is 0. The largest absolute Gasteiger partial charge is 0.491 e. The maximum Gasteiger partial charge on any atom is 0.342 e. The number of pyridine rings is 1. The number of anilines is 1. The van der Waals surface area contributed by atoms with Gasteiger partial charge in [-0.2, -0.15) is 0 Å².